The summed E-state index contributed by atoms with van der Waals surface area (Å²) in [4.78, 5) is 32.2. The number of nitro benzene ring substituents is 1. The van der Waals surface area contributed by atoms with Gasteiger partial charge in [-0.1, -0.05) is 11.6 Å². The lowest BCUT2D eigenvalue weighted by atomic mass is 9.98. The van der Waals surface area contributed by atoms with Crippen molar-refractivity contribution in [2.24, 2.45) is 5.73 Å². The van der Waals surface area contributed by atoms with E-state index in [9.17, 15) is 19.7 Å². The highest BCUT2D eigenvalue weighted by Gasteiger charge is 2.22. The molecule has 1 aromatic rings. The predicted molar refractivity (Wildman–Crippen MR) is 91.2 cm³/mol. The lowest BCUT2D eigenvalue weighted by Gasteiger charge is -2.24. The van der Waals surface area contributed by atoms with Crippen molar-refractivity contribution >= 4 is 29.3 Å². The minimum Gasteiger partial charge on any atom is -0.492 e. The fraction of sp³-hybridized carbons (Fsp3) is 0.467. The molecule has 0 heterocycles. The highest BCUT2D eigenvalue weighted by atomic mass is 35.5. The Morgan fingerprint density at radius 2 is 2.04 bits per heavy atom. The van der Waals surface area contributed by atoms with Gasteiger partial charge in [0, 0.05) is 17.2 Å². The largest absolute Gasteiger partial charge is 0.492 e. The second-order valence-corrected chi connectivity index (χ2v) is 6.43. The van der Waals surface area contributed by atoms with Gasteiger partial charge in [0.25, 0.3) is 5.69 Å². The summed E-state index contributed by atoms with van der Waals surface area (Å²) in [6.07, 6.45) is 0.708. The van der Waals surface area contributed by atoms with Gasteiger partial charge in [-0.3, -0.25) is 14.9 Å². The molecule has 0 spiro atoms. The maximum Gasteiger partial charge on any atom is 0.405 e. The van der Waals surface area contributed by atoms with Gasteiger partial charge in [-0.2, -0.15) is 0 Å². The van der Waals surface area contributed by atoms with Crippen LogP contribution in [0.5, 0.6) is 5.75 Å². The number of nitrogens with two attached hydrogens (primary N) is 1. The van der Waals surface area contributed by atoms with Crippen LogP contribution in [0.15, 0.2) is 12.1 Å². The molecule has 0 aliphatic carbocycles. The second kappa shape index (κ2) is 8.52. The average molecular weight is 374 g/mol. The first-order valence-electron chi connectivity index (χ1n) is 7.45. The molecule has 0 bridgehead atoms. The number of halogens is 1. The van der Waals surface area contributed by atoms with Crippen molar-refractivity contribution in [2.75, 3.05) is 6.61 Å². The van der Waals surface area contributed by atoms with Crippen LogP contribution in [0.3, 0.4) is 0 Å². The van der Waals surface area contributed by atoms with Crippen molar-refractivity contribution in [3.63, 3.8) is 0 Å². The number of benzene rings is 1. The Balaban J connectivity index is 2.67. The SMILES string of the molecule is CC(C)(CCCCOc1cc(C(N)=O)cc([N+](=O)[O-])c1Cl)NC(=O)O. The van der Waals surface area contributed by atoms with Crippen LogP contribution in [0, 0.1) is 10.1 Å². The Morgan fingerprint density at radius 1 is 1.40 bits per heavy atom. The van der Waals surface area contributed by atoms with E-state index in [2.05, 4.69) is 5.32 Å². The zero-order chi connectivity index (χ0) is 19.2. The van der Waals surface area contributed by atoms with E-state index in [1.807, 2.05) is 0 Å². The van der Waals surface area contributed by atoms with Crippen molar-refractivity contribution in [1.82, 2.24) is 5.32 Å². The maximum absolute atomic E-state index is 11.3. The monoisotopic (exact) mass is 373 g/mol. The number of nitrogens with one attached hydrogen (secondary N) is 1. The number of carbonyl (C=O) groups excluding carboxylic acids is 1. The first-order valence-corrected chi connectivity index (χ1v) is 7.83. The average Bonchev–Trinajstić information content (AvgIpc) is 2.46. The third-order valence-corrected chi connectivity index (χ3v) is 3.78. The van der Waals surface area contributed by atoms with Crippen LogP contribution in [0.4, 0.5) is 10.5 Å². The molecule has 9 nitrogen and oxygen atoms in total. The summed E-state index contributed by atoms with van der Waals surface area (Å²) in [6.45, 7) is 3.72. The number of hydrogen-bond acceptors (Lipinski definition) is 5. The minimum atomic E-state index is -1.09. The van der Waals surface area contributed by atoms with Crippen molar-refractivity contribution in [3.8, 4) is 5.75 Å². The van der Waals surface area contributed by atoms with Gasteiger partial charge in [-0.05, 0) is 39.2 Å². The van der Waals surface area contributed by atoms with Crippen LogP contribution in [0.2, 0.25) is 5.02 Å². The summed E-state index contributed by atoms with van der Waals surface area (Å²) in [7, 11) is 0. The number of nitro groups is 1. The molecule has 0 radical (unpaired) electrons. The topological polar surface area (TPSA) is 145 Å². The van der Waals surface area contributed by atoms with Gasteiger partial charge < -0.3 is 20.9 Å². The van der Waals surface area contributed by atoms with Crippen LogP contribution in [-0.4, -0.2) is 34.2 Å². The van der Waals surface area contributed by atoms with E-state index in [0.29, 0.717) is 19.3 Å². The van der Waals surface area contributed by atoms with Gasteiger partial charge in [-0.25, -0.2) is 4.79 Å². The third-order valence-electron chi connectivity index (χ3n) is 3.40. The van der Waals surface area contributed by atoms with Gasteiger partial charge in [0.2, 0.25) is 5.91 Å². The Labute approximate surface area is 149 Å². The van der Waals surface area contributed by atoms with Gasteiger partial charge >= 0.3 is 6.09 Å². The van der Waals surface area contributed by atoms with E-state index in [1.54, 1.807) is 13.8 Å². The Kier molecular flexibility index (Phi) is 6.98. The lowest BCUT2D eigenvalue weighted by Crippen LogP contribution is -2.42. The molecule has 0 fully saturated rings. The van der Waals surface area contributed by atoms with Crippen molar-refractivity contribution < 1.29 is 24.4 Å². The molecule has 25 heavy (non-hydrogen) atoms. The molecule has 0 aliphatic heterocycles. The fourth-order valence-electron chi connectivity index (χ4n) is 2.17. The normalized spacial score (nSPS) is 11.0. The van der Waals surface area contributed by atoms with E-state index < -0.39 is 28.2 Å². The lowest BCUT2D eigenvalue weighted by molar-refractivity contribution is -0.384. The molecule has 138 valence electrons. The summed E-state index contributed by atoms with van der Waals surface area (Å²) >= 11 is 5.93. The summed E-state index contributed by atoms with van der Waals surface area (Å²) in [6, 6.07) is 2.26. The molecule has 2 amide bonds. The highest BCUT2D eigenvalue weighted by molar-refractivity contribution is 6.34. The van der Waals surface area contributed by atoms with E-state index in [-0.39, 0.29) is 22.9 Å². The molecule has 1 aromatic carbocycles. The minimum absolute atomic E-state index is 0.00703. The van der Waals surface area contributed by atoms with Crippen molar-refractivity contribution in [3.05, 3.63) is 32.8 Å². The van der Waals surface area contributed by atoms with E-state index in [1.165, 1.54) is 6.07 Å². The Hall–Kier alpha value is -2.55. The number of unbranched alkanes of at least 4 members (excludes halogenated alkanes) is 1. The number of nitrogens with zero attached hydrogens (tertiary/aromatic N) is 1. The van der Waals surface area contributed by atoms with Crippen LogP contribution in [0.1, 0.15) is 43.5 Å². The first kappa shape index (κ1) is 20.5. The van der Waals surface area contributed by atoms with Gasteiger partial charge in [-0.15, -0.1) is 0 Å². The van der Waals surface area contributed by atoms with Crippen LogP contribution < -0.4 is 15.8 Å². The standard InChI is InChI=1S/C15H20ClN3O6/c1-15(2,18-14(21)22)5-3-4-6-25-11-8-9(13(17)20)7-10(12(11)16)19(23)24/h7-8,18H,3-6H2,1-2H3,(H2,17,20)(H,21,22). The molecule has 0 atom stereocenters. The molecule has 10 heteroatoms. The number of primary amides is 1. The molecule has 0 aromatic heterocycles. The van der Waals surface area contributed by atoms with E-state index >= 15 is 0 Å². The van der Waals surface area contributed by atoms with Crippen LogP contribution in [-0.2, 0) is 0 Å². The molecule has 0 saturated heterocycles. The molecular formula is C15H20ClN3O6. The van der Waals surface area contributed by atoms with Crippen molar-refractivity contribution in [1.29, 1.82) is 0 Å². The van der Waals surface area contributed by atoms with E-state index in [4.69, 9.17) is 27.2 Å². The van der Waals surface area contributed by atoms with Gasteiger partial charge in [0.05, 0.1) is 11.5 Å². The molecule has 0 unspecified atom stereocenters. The summed E-state index contributed by atoms with van der Waals surface area (Å²) < 4.78 is 5.43. The Morgan fingerprint density at radius 3 is 2.56 bits per heavy atom. The van der Waals surface area contributed by atoms with Crippen molar-refractivity contribution in [2.45, 2.75) is 38.6 Å². The summed E-state index contributed by atoms with van der Waals surface area (Å²) in [5, 5.41) is 21.9. The Bertz CT molecular complexity index is 677. The zero-order valence-electron chi connectivity index (χ0n) is 13.9. The summed E-state index contributed by atoms with van der Waals surface area (Å²) in [5.74, 6) is -0.821. The van der Waals surface area contributed by atoms with E-state index in [0.717, 1.165) is 6.07 Å². The second-order valence-electron chi connectivity index (χ2n) is 6.05. The quantitative estimate of drug-likeness (QED) is 0.344. The maximum atomic E-state index is 11.3. The van der Waals surface area contributed by atoms with Gasteiger partial charge in [0.1, 0.15) is 5.75 Å². The number of hydrogen-bond donors (Lipinski definition) is 3. The summed E-state index contributed by atoms with van der Waals surface area (Å²) in [5.41, 5.74) is 4.05. The van der Waals surface area contributed by atoms with Gasteiger partial charge in [0.15, 0.2) is 5.02 Å². The van der Waals surface area contributed by atoms with Crippen LogP contribution >= 0.6 is 11.6 Å². The smallest absolute Gasteiger partial charge is 0.405 e. The highest BCUT2D eigenvalue weighted by Crippen LogP contribution is 2.35. The predicted octanol–water partition coefficient (Wildman–Crippen LogP) is 2.94. The number of rotatable bonds is 9. The third kappa shape index (κ3) is 6.46. The molecule has 4 N–H and O–H groups in total. The first-order chi connectivity index (χ1) is 11.5. The van der Waals surface area contributed by atoms with Crippen LogP contribution in [0.25, 0.3) is 0 Å². The molecule has 0 aliphatic rings. The number of amides is 2. The zero-order valence-corrected chi connectivity index (χ0v) is 14.6. The molecule has 0 saturated carbocycles. The molecule has 1 rings (SSSR count). The number of ether oxygens (including phenoxy) is 1. The number of carbonyl (C=O) groups is 2. The molecular weight excluding hydrogens is 354 g/mol. The fourth-order valence-corrected chi connectivity index (χ4v) is 2.40. The number of carboxylic acid groups (broad SMARTS) is 1.